The van der Waals surface area contributed by atoms with Crippen LogP contribution >= 0.6 is 0 Å². The van der Waals surface area contributed by atoms with Gasteiger partial charge in [-0.3, -0.25) is 19.6 Å². The number of hydrogen-bond donors (Lipinski definition) is 3. The van der Waals surface area contributed by atoms with Gasteiger partial charge in [0.15, 0.2) is 0 Å². The second-order valence-electron chi connectivity index (χ2n) is 8.54. The predicted octanol–water partition coefficient (Wildman–Crippen LogP) is 4.15. The number of ether oxygens (including phenoxy) is 1. The fraction of sp³-hybridized carbons (Fsp3) is 0.308. The summed E-state index contributed by atoms with van der Waals surface area (Å²) >= 11 is 0. The normalized spacial score (nSPS) is 13.0. The van der Waals surface area contributed by atoms with Gasteiger partial charge in [-0.2, -0.15) is 5.10 Å². The molecular weight excluding hydrogens is 448 g/mol. The molecule has 0 unspecified atom stereocenters. The Hall–Kier alpha value is -4.14. The van der Waals surface area contributed by atoms with Crippen molar-refractivity contribution < 1.29 is 24.2 Å². The molecule has 9 nitrogen and oxygen atoms in total. The van der Waals surface area contributed by atoms with E-state index in [4.69, 9.17) is 9.84 Å². The Morgan fingerprint density at radius 3 is 2.31 bits per heavy atom. The molecule has 4 rings (SSSR count). The number of carbonyl (C=O) groups is 3. The first-order chi connectivity index (χ1) is 16.9. The number of aromatic nitrogens is 2. The van der Waals surface area contributed by atoms with Crippen molar-refractivity contribution in [2.75, 3.05) is 11.9 Å². The third-order valence-corrected chi connectivity index (χ3v) is 6.14. The van der Waals surface area contributed by atoms with E-state index in [0.717, 1.165) is 28.7 Å². The second kappa shape index (κ2) is 10.4. The van der Waals surface area contributed by atoms with Crippen molar-refractivity contribution in [3.63, 3.8) is 0 Å². The summed E-state index contributed by atoms with van der Waals surface area (Å²) in [5.74, 6) is -1.42. The van der Waals surface area contributed by atoms with E-state index in [9.17, 15) is 14.4 Å². The number of fused-ring (bicyclic) bond motifs is 3. The molecule has 182 valence electrons. The lowest BCUT2D eigenvalue weighted by atomic mass is 9.98. The topological polar surface area (TPSA) is 123 Å². The molecule has 35 heavy (non-hydrogen) atoms. The Balaban J connectivity index is 1.44. The number of nitrogens with zero attached hydrogens (tertiary/aromatic N) is 2. The molecular formula is C26H28N4O5. The van der Waals surface area contributed by atoms with Crippen LogP contribution in [0.4, 0.5) is 10.6 Å². The standard InChI is InChI=1S/C26H28N4O5/c1-3-8-16(13-23(31)32)28-25(33)21-14-27-30(2)24(21)29-26(34)35-15-22-19-11-6-4-9-17(19)18-10-5-7-12-20(18)22/h4-7,9-12,14,16,22H,3,8,13,15H2,1-2H3,(H,28,33)(H,29,34)(H,31,32)/t16-/m1/s1. The number of amides is 2. The van der Waals surface area contributed by atoms with Gasteiger partial charge in [-0.05, 0) is 28.7 Å². The van der Waals surface area contributed by atoms with Crippen LogP contribution in [0.15, 0.2) is 54.7 Å². The molecule has 1 heterocycles. The van der Waals surface area contributed by atoms with Gasteiger partial charge in [0, 0.05) is 19.0 Å². The zero-order valence-electron chi connectivity index (χ0n) is 19.7. The molecule has 0 radical (unpaired) electrons. The first kappa shape index (κ1) is 24.0. The molecule has 2 amide bonds. The van der Waals surface area contributed by atoms with Gasteiger partial charge < -0.3 is 15.2 Å². The van der Waals surface area contributed by atoms with E-state index < -0.39 is 24.0 Å². The Labute approximate surface area is 203 Å². The predicted molar refractivity (Wildman–Crippen MR) is 130 cm³/mol. The minimum absolute atomic E-state index is 0.0896. The smallest absolute Gasteiger partial charge is 0.412 e. The lowest BCUT2D eigenvalue weighted by Gasteiger charge is -2.17. The molecule has 0 saturated carbocycles. The highest BCUT2D eigenvalue weighted by Gasteiger charge is 2.29. The van der Waals surface area contributed by atoms with Crippen LogP contribution in [-0.2, 0) is 16.6 Å². The highest BCUT2D eigenvalue weighted by atomic mass is 16.5. The SMILES string of the molecule is CCC[C@H](CC(=O)O)NC(=O)c1cnn(C)c1NC(=O)OCC1c2ccccc2-c2ccccc21. The molecule has 1 aromatic heterocycles. The minimum atomic E-state index is -0.994. The largest absolute Gasteiger partial charge is 0.481 e. The van der Waals surface area contributed by atoms with Gasteiger partial charge >= 0.3 is 12.1 Å². The number of hydrogen-bond acceptors (Lipinski definition) is 5. The van der Waals surface area contributed by atoms with Crippen molar-refractivity contribution >= 4 is 23.8 Å². The summed E-state index contributed by atoms with van der Waals surface area (Å²) in [7, 11) is 1.59. The van der Waals surface area contributed by atoms with Crippen molar-refractivity contribution in [1.82, 2.24) is 15.1 Å². The van der Waals surface area contributed by atoms with Gasteiger partial charge in [0.25, 0.3) is 5.91 Å². The highest BCUT2D eigenvalue weighted by Crippen LogP contribution is 2.44. The summed E-state index contributed by atoms with van der Waals surface area (Å²) < 4.78 is 6.94. The van der Waals surface area contributed by atoms with Crippen LogP contribution in [0.5, 0.6) is 0 Å². The van der Waals surface area contributed by atoms with Crippen LogP contribution in [0, 0.1) is 0 Å². The molecule has 2 aromatic carbocycles. The fourth-order valence-electron chi connectivity index (χ4n) is 4.53. The van der Waals surface area contributed by atoms with Crippen LogP contribution in [0.2, 0.25) is 0 Å². The monoisotopic (exact) mass is 476 g/mol. The van der Waals surface area contributed by atoms with Crippen molar-refractivity contribution in [2.24, 2.45) is 7.05 Å². The summed E-state index contributed by atoms with van der Waals surface area (Å²) in [6.45, 7) is 2.05. The number of carbonyl (C=O) groups excluding carboxylic acids is 2. The molecule has 3 aromatic rings. The summed E-state index contributed by atoms with van der Waals surface area (Å²) in [5, 5.41) is 18.5. The maximum Gasteiger partial charge on any atom is 0.412 e. The molecule has 1 aliphatic rings. The first-order valence-electron chi connectivity index (χ1n) is 11.6. The van der Waals surface area contributed by atoms with Gasteiger partial charge in [-0.25, -0.2) is 4.79 Å². The summed E-state index contributed by atoms with van der Waals surface area (Å²) in [4.78, 5) is 36.6. The summed E-state index contributed by atoms with van der Waals surface area (Å²) in [5.41, 5.74) is 4.59. The van der Waals surface area contributed by atoms with Gasteiger partial charge in [-0.1, -0.05) is 61.9 Å². The minimum Gasteiger partial charge on any atom is -0.481 e. The fourth-order valence-corrected chi connectivity index (χ4v) is 4.53. The molecule has 0 bridgehead atoms. The van der Waals surface area contributed by atoms with E-state index in [2.05, 4.69) is 27.9 Å². The number of carboxylic acid groups (broad SMARTS) is 1. The highest BCUT2D eigenvalue weighted by molar-refractivity contribution is 6.01. The molecule has 0 spiro atoms. The molecule has 0 fully saturated rings. The molecule has 9 heteroatoms. The number of aryl methyl sites for hydroxylation is 1. The van der Waals surface area contributed by atoms with Crippen LogP contribution in [0.1, 0.15) is 53.6 Å². The maximum atomic E-state index is 12.8. The average Bonchev–Trinajstić information content (AvgIpc) is 3.35. The number of nitrogens with one attached hydrogen (secondary N) is 2. The Kier molecular flexibility index (Phi) is 7.14. The molecule has 0 aliphatic heterocycles. The van der Waals surface area contributed by atoms with Gasteiger partial charge in [-0.15, -0.1) is 0 Å². The van der Waals surface area contributed by atoms with Crippen molar-refractivity contribution in [3.05, 3.63) is 71.4 Å². The third kappa shape index (κ3) is 5.18. The van der Waals surface area contributed by atoms with E-state index in [1.165, 1.54) is 10.9 Å². The Bertz CT molecular complexity index is 1210. The van der Waals surface area contributed by atoms with Gasteiger partial charge in [0.1, 0.15) is 18.0 Å². The molecule has 0 saturated heterocycles. The van der Waals surface area contributed by atoms with E-state index in [0.29, 0.717) is 6.42 Å². The first-order valence-corrected chi connectivity index (χ1v) is 11.6. The summed E-state index contributed by atoms with van der Waals surface area (Å²) in [6, 6.07) is 15.6. The molecule has 1 aliphatic carbocycles. The van der Waals surface area contributed by atoms with E-state index in [-0.39, 0.29) is 30.3 Å². The van der Waals surface area contributed by atoms with E-state index >= 15 is 0 Å². The number of benzene rings is 2. The second-order valence-corrected chi connectivity index (χ2v) is 8.54. The Morgan fingerprint density at radius 1 is 1.09 bits per heavy atom. The number of aliphatic carboxylic acids is 1. The van der Waals surface area contributed by atoms with Crippen molar-refractivity contribution in [3.8, 4) is 11.1 Å². The molecule has 1 atom stereocenters. The maximum absolute atomic E-state index is 12.8. The lowest BCUT2D eigenvalue weighted by molar-refractivity contribution is -0.137. The quantitative estimate of drug-likeness (QED) is 0.426. The van der Waals surface area contributed by atoms with E-state index in [1.54, 1.807) is 7.05 Å². The lowest BCUT2D eigenvalue weighted by Crippen LogP contribution is -2.36. The zero-order chi connectivity index (χ0) is 24.9. The summed E-state index contributed by atoms with van der Waals surface area (Å²) in [6.07, 6.45) is 1.68. The average molecular weight is 477 g/mol. The van der Waals surface area contributed by atoms with Gasteiger partial charge in [0.2, 0.25) is 0 Å². The number of anilines is 1. The Morgan fingerprint density at radius 2 is 1.71 bits per heavy atom. The molecule has 3 N–H and O–H groups in total. The van der Waals surface area contributed by atoms with Crippen LogP contribution in [0.3, 0.4) is 0 Å². The van der Waals surface area contributed by atoms with Crippen LogP contribution < -0.4 is 10.6 Å². The number of carboxylic acids is 1. The van der Waals surface area contributed by atoms with Crippen molar-refractivity contribution in [2.45, 2.75) is 38.1 Å². The van der Waals surface area contributed by atoms with E-state index in [1.807, 2.05) is 43.3 Å². The van der Waals surface area contributed by atoms with Gasteiger partial charge in [0.05, 0.1) is 12.6 Å². The van der Waals surface area contributed by atoms with Crippen LogP contribution in [-0.4, -0.2) is 45.5 Å². The zero-order valence-corrected chi connectivity index (χ0v) is 19.7. The van der Waals surface area contributed by atoms with Crippen molar-refractivity contribution in [1.29, 1.82) is 0 Å². The third-order valence-electron chi connectivity index (χ3n) is 6.14. The number of rotatable bonds is 9. The van der Waals surface area contributed by atoms with Crippen LogP contribution in [0.25, 0.3) is 11.1 Å².